The molecule has 1 amide bonds. The van der Waals surface area contributed by atoms with Crippen LogP contribution in [0, 0.1) is 11.7 Å². The Bertz CT molecular complexity index is 1220. The number of amides is 1. The van der Waals surface area contributed by atoms with Crippen LogP contribution in [0.1, 0.15) is 34.0 Å². The van der Waals surface area contributed by atoms with Gasteiger partial charge in [-0.15, -0.1) is 0 Å². The highest BCUT2D eigenvalue weighted by molar-refractivity contribution is 6.04. The summed E-state index contributed by atoms with van der Waals surface area (Å²) in [6, 6.07) is 17.1. The van der Waals surface area contributed by atoms with E-state index in [1.165, 1.54) is 12.1 Å². The van der Waals surface area contributed by atoms with Gasteiger partial charge in [0.1, 0.15) is 17.3 Å². The maximum atomic E-state index is 13.2. The molecule has 1 aromatic heterocycles. The first kappa shape index (κ1) is 21.4. The second kappa shape index (κ2) is 8.83. The Hall–Kier alpha value is -3.45. The van der Waals surface area contributed by atoms with Gasteiger partial charge in [0.2, 0.25) is 0 Å². The molecule has 2 bridgehead atoms. The molecule has 33 heavy (non-hydrogen) atoms. The number of hydrogen-bond acceptors (Lipinski definition) is 4. The number of hydrogen-bond donors (Lipinski definition) is 1. The minimum absolute atomic E-state index is 0.156. The van der Waals surface area contributed by atoms with Gasteiger partial charge < -0.3 is 14.6 Å². The van der Waals surface area contributed by atoms with E-state index >= 15 is 0 Å². The number of pyridine rings is 1. The van der Waals surface area contributed by atoms with Crippen molar-refractivity contribution in [1.82, 2.24) is 9.47 Å². The first-order chi connectivity index (χ1) is 16.0. The Morgan fingerprint density at radius 2 is 1.79 bits per heavy atom. The molecule has 1 N–H and O–H groups in total. The smallest absolute Gasteiger partial charge is 0.274 e. The lowest BCUT2D eigenvalue weighted by atomic mass is 9.83. The summed E-state index contributed by atoms with van der Waals surface area (Å²) in [6.07, 6.45) is 1.05. The van der Waals surface area contributed by atoms with Crippen molar-refractivity contribution >= 4 is 11.6 Å². The lowest BCUT2D eigenvalue weighted by Crippen LogP contribution is -2.47. The standard InChI is InChI=1S/C26H26FN3O3/c1-33-22-8-4-19(5-9-22)25(31)28-23-10-11-24-20-12-18(15-30(24)26(23)32)14-29(16-20)13-17-2-6-21(27)7-3-17/h2-11,18,20H,12-16H2,1H3,(H,28,31). The lowest BCUT2D eigenvalue weighted by molar-refractivity contribution is 0.102. The van der Waals surface area contributed by atoms with Gasteiger partial charge in [0.25, 0.3) is 11.5 Å². The minimum Gasteiger partial charge on any atom is -0.497 e. The molecular formula is C26H26FN3O3. The zero-order valence-electron chi connectivity index (χ0n) is 18.5. The molecule has 0 spiro atoms. The number of aromatic nitrogens is 1. The van der Waals surface area contributed by atoms with E-state index in [1.807, 2.05) is 22.8 Å². The summed E-state index contributed by atoms with van der Waals surface area (Å²) in [4.78, 5) is 28.2. The Labute approximate surface area is 191 Å². The second-order valence-electron chi connectivity index (χ2n) is 8.89. The van der Waals surface area contributed by atoms with Gasteiger partial charge in [-0.25, -0.2) is 4.39 Å². The lowest BCUT2D eigenvalue weighted by Gasteiger charge is -2.43. The summed E-state index contributed by atoms with van der Waals surface area (Å²) in [7, 11) is 1.57. The topological polar surface area (TPSA) is 63.6 Å². The third-order valence-electron chi connectivity index (χ3n) is 6.60. The summed E-state index contributed by atoms with van der Waals surface area (Å²) in [6.45, 7) is 3.15. The van der Waals surface area contributed by atoms with E-state index in [2.05, 4.69) is 10.2 Å². The molecule has 0 aliphatic carbocycles. The summed E-state index contributed by atoms with van der Waals surface area (Å²) >= 11 is 0. The highest BCUT2D eigenvalue weighted by Crippen LogP contribution is 2.36. The highest BCUT2D eigenvalue weighted by Gasteiger charge is 2.35. The number of methoxy groups -OCH3 is 1. The van der Waals surface area contributed by atoms with Crippen molar-refractivity contribution in [3.05, 3.63) is 93.7 Å². The number of rotatable bonds is 5. The zero-order chi connectivity index (χ0) is 22.9. The van der Waals surface area contributed by atoms with E-state index in [4.69, 9.17) is 4.74 Å². The SMILES string of the molecule is COc1ccc(C(=O)Nc2ccc3n(c2=O)CC2CC3CN(Cc3ccc(F)cc3)C2)cc1. The van der Waals surface area contributed by atoms with Gasteiger partial charge in [0, 0.05) is 43.4 Å². The van der Waals surface area contributed by atoms with E-state index in [0.29, 0.717) is 29.5 Å². The van der Waals surface area contributed by atoms with Gasteiger partial charge in [-0.1, -0.05) is 12.1 Å². The van der Waals surface area contributed by atoms with Gasteiger partial charge in [-0.05, 0) is 66.4 Å². The van der Waals surface area contributed by atoms with Crippen LogP contribution in [0.15, 0.2) is 65.5 Å². The average Bonchev–Trinajstić information content (AvgIpc) is 2.82. The summed E-state index contributed by atoms with van der Waals surface area (Å²) in [5.74, 6) is 0.744. The van der Waals surface area contributed by atoms with Crippen molar-refractivity contribution in [2.24, 2.45) is 5.92 Å². The van der Waals surface area contributed by atoms with Crippen LogP contribution in [-0.2, 0) is 13.1 Å². The normalized spacial score (nSPS) is 19.6. The molecule has 1 fully saturated rings. The maximum Gasteiger partial charge on any atom is 0.274 e. The Kier molecular flexibility index (Phi) is 5.72. The molecule has 1 saturated heterocycles. The number of likely N-dealkylation sites (tertiary alicyclic amines) is 1. The summed E-state index contributed by atoms with van der Waals surface area (Å²) < 4.78 is 20.2. The number of anilines is 1. The predicted octanol–water partition coefficient (Wildman–Crippen LogP) is 3.87. The molecule has 0 radical (unpaired) electrons. The van der Waals surface area contributed by atoms with Crippen LogP contribution in [0.3, 0.4) is 0 Å². The molecule has 2 aliphatic heterocycles. The first-order valence-corrected chi connectivity index (χ1v) is 11.2. The monoisotopic (exact) mass is 447 g/mol. The molecule has 6 nitrogen and oxygen atoms in total. The van der Waals surface area contributed by atoms with Gasteiger partial charge in [-0.2, -0.15) is 0 Å². The molecule has 2 unspecified atom stereocenters. The Morgan fingerprint density at radius 3 is 2.52 bits per heavy atom. The van der Waals surface area contributed by atoms with E-state index in [0.717, 1.165) is 37.3 Å². The molecule has 2 aromatic carbocycles. The van der Waals surface area contributed by atoms with E-state index in [-0.39, 0.29) is 23.2 Å². The van der Waals surface area contributed by atoms with Crippen LogP contribution in [0.4, 0.5) is 10.1 Å². The minimum atomic E-state index is -0.322. The summed E-state index contributed by atoms with van der Waals surface area (Å²) in [5.41, 5.74) is 2.71. The van der Waals surface area contributed by atoms with Crippen molar-refractivity contribution < 1.29 is 13.9 Å². The van der Waals surface area contributed by atoms with Gasteiger partial charge in [-0.3, -0.25) is 14.5 Å². The van der Waals surface area contributed by atoms with Gasteiger partial charge in [0.15, 0.2) is 0 Å². The number of halogens is 1. The van der Waals surface area contributed by atoms with Crippen LogP contribution in [-0.4, -0.2) is 35.6 Å². The Balaban J connectivity index is 1.32. The van der Waals surface area contributed by atoms with Crippen LogP contribution in [0.5, 0.6) is 5.75 Å². The maximum absolute atomic E-state index is 13.2. The van der Waals surface area contributed by atoms with Crippen LogP contribution < -0.4 is 15.6 Å². The van der Waals surface area contributed by atoms with Crippen molar-refractivity contribution in [3.63, 3.8) is 0 Å². The number of piperidine rings is 1. The first-order valence-electron chi connectivity index (χ1n) is 11.2. The Morgan fingerprint density at radius 1 is 1.03 bits per heavy atom. The fourth-order valence-corrected chi connectivity index (χ4v) is 5.05. The molecule has 2 aliphatic rings. The molecule has 2 atom stereocenters. The number of nitrogens with one attached hydrogen (secondary N) is 1. The van der Waals surface area contributed by atoms with E-state index in [1.54, 1.807) is 37.4 Å². The summed E-state index contributed by atoms with van der Waals surface area (Å²) in [5, 5.41) is 2.77. The molecule has 5 rings (SSSR count). The molecular weight excluding hydrogens is 421 g/mol. The van der Waals surface area contributed by atoms with E-state index in [9.17, 15) is 14.0 Å². The van der Waals surface area contributed by atoms with Gasteiger partial charge >= 0.3 is 0 Å². The number of carbonyl (C=O) groups excluding carboxylic acids is 1. The van der Waals surface area contributed by atoms with Crippen molar-refractivity contribution in [3.8, 4) is 5.75 Å². The largest absolute Gasteiger partial charge is 0.497 e. The predicted molar refractivity (Wildman–Crippen MR) is 124 cm³/mol. The van der Waals surface area contributed by atoms with Crippen molar-refractivity contribution in [2.75, 3.05) is 25.5 Å². The number of carbonyl (C=O) groups is 1. The molecule has 3 aromatic rings. The number of ether oxygens (including phenoxy) is 1. The van der Waals surface area contributed by atoms with Crippen LogP contribution in [0.25, 0.3) is 0 Å². The molecule has 7 heteroatoms. The quantitative estimate of drug-likeness (QED) is 0.645. The second-order valence-corrected chi connectivity index (χ2v) is 8.89. The highest BCUT2D eigenvalue weighted by atomic mass is 19.1. The average molecular weight is 448 g/mol. The molecule has 170 valence electrons. The zero-order valence-corrected chi connectivity index (χ0v) is 18.5. The third kappa shape index (κ3) is 4.41. The number of fused-ring (bicyclic) bond motifs is 4. The van der Waals surface area contributed by atoms with Crippen molar-refractivity contribution in [2.45, 2.75) is 25.4 Å². The fourth-order valence-electron chi connectivity index (χ4n) is 5.05. The number of benzene rings is 2. The molecule has 3 heterocycles. The van der Waals surface area contributed by atoms with E-state index < -0.39 is 0 Å². The third-order valence-corrected chi connectivity index (χ3v) is 6.60. The molecule has 0 saturated carbocycles. The van der Waals surface area contributed by atoms with Crippen LogP contribution >= 0.6 is 0 Å². The van der Waals surface area contributed by atoms with Gasteiger partial charge in [0.05, 0.1) is 7.11 Å². The number of nitrogens with zero attached hydrogens (tertiary/aromatic N) is 2. The van der Waals surface area contributed by atoms with Crippen LogP contribution in [0.2, 0.25) is 0 Å². The fraction of sp³-hybridized carbons (Fsp3) is 0.308. The van der Waals surface area contributed by atoms with Crippen molar-refractivity contribution in [1.29, 1.82) is 0 Å².